The van der Waals surface area contributed by atoms with Gasteiger partial charge in [0, 0.05) is 5.02 Å². The summed E-state index contributed by atoms with van der Waals surface area (Å²) in [4.78, 5) is 16.2. The highest BCUT2D eigenvalue weighted by molar-refractivity contribution is 6.31. The molecule has 0 unspecified atom stereocenters. The summed E-state index contributed by atoms with van der Waals surface area (Å²) in [7, 11) is 0. The van der Waals surface area contributed by atoms with Crippen LogP contribution in [0.1, 0.15) is 25.3 Å². The molecule has 0 aliphatic rings. The number of aromatic nitrogens is 3. The van der Waals surface area contributed by atoms with Gasteiger partial charge in [0.1, 0.15) is 18.4 Å². The Bertz CT molecular complexity index is 877. The van der Waals surface area contributed by atoms with Crippen molar-refractivity contribution in [2.45, 2.75) is 19.8 Å². The van der Waals surface area contributed by atoms with Gasteiger partial charge in [0.15, 0.2) is 6.61 Å². The highest BCUT2D eigenvalue weighted by atomic mass is 35.5. The first-order valence-corrected chi connectivity index (χ1v) is 8.58. The molecule has 3 rings (SSSR count). The number of ether oxygens (including phenoxy) is 1. The normalized spacial score (nSPS) is 10.8. The van der Waals surface area contributed by atoms with Crippen LogP contribution in [-0.2, 0) is 4.79 Å². The molecule has 26 heavy (non-hydrogen) atoms. The quantitative estimate of drug-likeness (QED) is 0.710. The van der Waals surface area contributed by atoms with Gasteiger partial charge in [0.25, 0.3) is 5.91 Å². The lowest BCUT2D eigenvalue weighted by Crippen LogP contribution is -2.21. The maximum atomic E-state index is 12.3. The minimum Gasteiger partial charge on any atom is -0.484 e. The van der Waals surface area contributed by atoms with Gasteiger partial charge in [-0.25, -0.2) is 9.67 Å². The lowest BCUT2D eigenvalue weighted by Gasteiger charge is -2.12. The van der Waals surface area contributed by atoms with E-state index in [0.717, 1.165) is 0 Å². The molecule has 0 saturated heterocycles. The molecule has 3 aromatic rings. The zero-order valence-electron chi connectivity index (χ0n) is 14.5. The van der Waals surface area contributed by atoms with Crippen molar-refractivity contribution in [3.8, 4) is 11.4 Å². The third-order valence-electron chi connectivity index (χ3n) is 3.81. The second kappa shape index (κ2) is 8.01. The first-order valence-electron chi connectivity index (χ1n) is 8.20. The SMILES string of the molecule is CC(C)c1ccc(OCC(=O)Nc2cc(Cl)ccc2-n2cncn2)cc1. The molecule has 0 spiro atoms. The third kappa shape index (κ3) is 4.40. The van der Waals surface area contributed by atoms with E-state index in [1.807, 2.05) is 24.3 Å². The van der Waals surface area contributed by atoms with Gasteiger partial charge in [-0.2, -0.15) is 5.10 Å². The molecule has 1 N–H and O–H groups in total. The van der Waals surface area contributed by atoms with Crippen LogP contribution in [0.15, 0.2) is 55.1 Å². The van der Waals surface area contributed by atoms with E-state index >= 15 is 0 Å². The van der Waals surface area contributed by atoms with E-state index in [1.54, 1.807) is 29.2 Å². The molecule has 134 valence electrons. The number of benzene rings is 2. The standard InChI is InChI=1S/C19H19ClN4O2/c1-13(2)14-3-6-16(7-4-14)26-10-19(25)23-17-9-15(20)5-8-18(17)24-12-21-11-22-24/h3-9,11-13H,10H2,1-2H3,(H,23,25). The lowest BCUT2D eigenvalue weighted by molar-refractivity contribution is -0.118. The van der Waals surface area contributed by atoms with Crippen LogP contribution in [0.4, 0.5) is 5.69 Å². The van der Waals surface area contributed by atoms with Crippen molar-refractivity contribution in [1.29, 1.82) is 0 Å². The van der Waals surface area contributed by atoms with E-state index in [1.165, 1.54) is 11.9 Å². The third-order valence-corrected chi connectivity index (χ3v) is 4.05. The molecular weight excluding hydrogens is 352 g/mol. The number of halogens is 1. The summed E-state index contributed by atoms with van der Waals surface area (Å²) in [5, 5.41) is 7.39. The maximum absolute atomic E-state index is 12.3. The summed E-state index contributed by atoms with van der Waals surface area (Å²) >= 11 is 6.05. The van der Waals surface area contributed by atoms with Crippen molar-refractivity contribution in [1.82, 2.24) is 14.8 Å². The van der Waals surface area contributed by atoms with Crippen LogP contribution in [0.5, 0.6) is 5.75 Å². The summed E-state index contributed by atoms with van der Waals surface area (Å²) in [6.45, 7) is 4.15. The van der Waals surface area contributed by atoms with Crippen molar-refractivity contribution in [3.63, 3.8) is 0 Å². The van der Waals surface area contributed by atoms with Crippen LogP contribution in [-0.4, -0.2) is 27.3 Å². The number of rotatable bonds is 6. The Morgan fingerprint density at radius 2 is 2.00 bits per heavy atom. The van der Waals surface area contributed by atoms with Crippen LogP contribution in [0, 0.1) is 0 Å². The van der Waals surface area contributed by atoms with Gasteiger partial charge in [-0.15, -0.1) is 0 Å². The van der Waals surface area contributed by atoms with Gasteiger partial charge in [-0.05, 0) is 41.8 Å². The Morgan fingerprint density at radius 3 is 2.65 bits per heavy atom. The van der Waals surface area contributed by atoms with Crippen molar-refractivity contribution >= 4 is 23.2 Å². The topological polar surface area (TPSA) is 69.0 Å². The van der Waals surface area contributed by atoms with Gasteiger partial charge in [0.05, 0.1) is 11.4 Å². The number of nitrogens with zero attached hydrogens (tertiary/aromatic N) is 3. The van der Waals surface area contributed by atoms with Gasteiger partial charge < -0.3 is 10.1 Å². The summed E-state index contributed by atoms with van der Waals surface area (Å²) in [6, 6.07) is 12.9. The molecule has 1 heterocycles. The molecule has 1 aromatic heterocycles. The van der Waals surface area contributed by atoms with E-state index in [4.69, 9.17) is 16.3 Å². The Kier molecular flexibility index (Phi) is 5.53. The van der Waals surface area contributed by atoms with Crippen LogP contribution in [0.2, 0.25) is 5.02 Å². The Hall–Kier alpha value is -2.86. The van der Waals surface area contributed by atoms with E-state index < -0.39 is 0 Å². The fraction of sp³-hybridized carbons (Fsp3) is 0.211. The van der Waals surface area contributed by atoms with Crippen LogP contribution in [0.3, 0.4) is 0 Å². The molecule has 0 bridgehead atoms. The summed E-state index contributed by atoms with van der Waals surface area (Å²) in [5.41, 5.74) is 2.42. The van der Waals surface area contributed by atoms with Gasteiger partial charge in [0.2, 0.25) is 0 Å². The van der Waals surface area contributed by atoms with Crippen LogP contribution < -0.4 is 10.1 Å². The van der Waals surface area contributed by atoms with E-state index in [0.29, 0.717) is 28.1 Å². The van der Waals surface area contributed by atoms with Crippen molar-refractivity contribution in [3.05, 3.63) is 65.7 Å². The number of hydrogen-bond acceptors (Lipinski definition) is 4. The Labute approximate surface area is 156 Å². The first kappa shape index (κ1) is 17.9. The number of carbonyl (C=O) groups is 1. The molecule has 0 atom stereocenters. The molecule has 0 radical (unpaired) electrons. The van der Waals surface area contributed by atoms with E-state index in [-0.39, 0.29) is 12.5 Å². The molecule has 0 fully saturated rings. The minimum atomic E-state index is -0.290. The number of amides is 1. The summed E-state index contributed by atoms with van der Waals surface area (Å²) in [5.74, 6) is 0.805. The Morgan fingerprint density at radius 1 is 1.23 bits per heavy atom. The molecule has 2 aromatic carbocycles. The molecule has 1 amide bonds. The minimum absolute atomic E-state index is 0.107. The fourth-order valence-corrected chi connectivity index (χ4v) is 2.60. The van der Waals surface area contributed by atoms with Crippen LogP contribution >= 0.6 is 11.6 Å². The molecular formula is C19H19ClN4O2. The van der Waals surface area contributed by atoms with Gasteiger partial charge in [-0.1, -0.05) is 37.6 Å². The largest absolute Gasteiger partial charge is 0.484 e. The second-order valence-electron chi connectivity index (χ2n) is 6.06. The van der Waals surface area contributed by atoms with Gasteiger partial charge in [-0.3, -0.25) is 4.79 Å². The molecule has 0 aliphatic heterocycles. The zero-order chi connectivity index (χ0) is 18.5. The van der Waals surface area contributed by atoms with Gasteiger partial charge >= 0.3 is 0 Å². The summed E-state index contributed by atoms with van der Waals surface area (Å²) in [6.07, 6.45) is 2.97. The first-order chi connectivity index (χ1) is 12.5. The average Bonchev–Trinajstić information content (AvgIpc) is 3.15. The zero-order valence-corrected chi connectivity index (χ0v) is 15.3. The van der Waals surface area contributed by atoms with E-state index in [9.17, 15) is 4.79 Å². The Balaban J connectivity index is 1.66. The number of anilines is 1. The smallest absolute Gasteiger partial charge is 0.262 e. The predicted octanol–water partition coefficient (Wildman–Crippen LogP) is 4.06. The highest BCUT2D eigenvalue weighted by Gasteiger charge is 2.11. The van der Waals surface area contributed by atoms with Crippen molar-refractivity contribution in [2.24, 2.45) is 0 Å². The lowest BCUT2D eigenvalue weighted by atomic mass is 10.0. The molecule has 0 aliphatic carbocycles. The van der Waals surface area contributed by atoms with Crippen LogP contribution in [0.25, 0.3) is 5.69 Å². The predicted molar refractivity (Wildman–Crippen MR) is 101 cm³/mol. The molecule has 6 nitrogen and oxygen atoms in total. The number of hydrogen-bond donors (Lipinski definition) is 1. The average molecular weight is 371 g/mol. The van der Waals surface area contributed by atoms with Crippen molar-refractivity contribution in [2.75, 3.05) is 11.9 Å². The highest BCUT2D eigenvalue weighted by Crippen LogP contribution is 2.24. The number of carbonyl (C=O) groups excluding carboxylic acids is 1. The maximum Gasteiger partial charge on any atom is 0.262 e. The number of nitrogens with one attached hydrogen (secondary N) is 1. The molecule has 7 heteroatoms. The molecule has 0 saturated carbocycles. The summed E-state index contributed by atoms with van der Waals surface area (Å²) < 4.78 is 7.11. The fourth-order valence-electron chi connectivity index (χ4n) is 2.42. The van der Waals surface area contributed by atoms with Crippen molar-refractivity contribution < 1.29 is 9.53 Å². The van der Waals surface area contributed by atoms with E-state index in [2.05, 4.69) is 29.2 Å². The monoisotopic (exact) mass is 370 g/mol. The second-order valence-corrected chi connectivity index (χ2v) is 6.50.